The second kappa shape index (κ2) is 9.30. The van der Waals surface area contributed by atoms with E-state index in [-0.39, 0.29) is 9.92 Å². The topological polar surface area (TPSA) is 87.2 Å². The Morgan fingerprint density at radius 1 is 0.969 bits per heavy atom. The van der Waals surface area contributed by atoms with Gasteiger partial charge >= 0.3 is 0 Å². The summed E-state index contributed by atoms with van der Waals surface area (Å²) in [5.41, 5.74) is 1.98. The monoisotopic (exact) mass is 475 g/mol. The number of nitrogens with one attached hydrogen (secondary N) is 2. The van der Waals surface area contributed by atoms with E-state index in [1.807, 2.05) is 13.0 Å². The molecule has 2 N–H and O–H groups in total. The first-order valence-electron chi connectivity index (χ1n) is 10.3. The van der Waals surface area contributed by atoms with Gasteiger partial charge < -0.3 is 10.2 Å². The molecule has 1 saturated heterocycles. The van der Waals surface area contributed by atoms with E-state index < -0.39 is 15.8 Å². The number of nitrogens with zero attached hydrogens (tertiary/aromatic N) is 3. The Labute approximate surface area is 191 Å². The molecule has 0 spiro atoms. The Kier molecular flexibility index (Phi) is 6.48. The molecule has 1 aliphatic rings. The first-order valence-corrected chi connectivity index (χ1v) is 12.1. The molecule has 1 fully saturated rings. The van der Waals surface area contributed by atoms with Gasteiger partial charge in [-0.2, -0.15) is 4.98 Å². The van der Waals surface area contributed by atoms with Crippen molar-refractivity contribution in [2.45, 2.75) is 31.1 Å². The third-order valence-electron chi connectivity index (χ3n) is 5.09. The van der Waals surface area contributed by atoms with E-state index in [0.717, 1.165) is 61.5 Å². The van der Waals surface area contributed by atoms with Crippen molar-refractivity contribution >= 4 is 44.8 Å². The molecule has 0 bridgehead atoms. The molecule has 4 rings (SSSR count). The van der Waals surface area contributed by atoms with Crippen LogP contribution in [-0.2, 0) is 10.0 Å². The molecule has 0 atom stereocenters. The van der Waals surface area contributed by atoms with Crippen molar-refractivity contribution in [1.29, 1.82) is 0 Å². The normalized spacial score (nSPS) is 14.3. The number of rotatable bonds is 6. The highest BCUT2D eigenvalue weighted by Gasteiger charge is 2.17. The van der Waals surface area contributed by atoms with Gasteiger partial charge in [0.2, 0.25) is 5.95 Å². The molecule has 1 aromatic heterocycles. The number of halogens is 2. The van der Waals surface area contributed by atoms with Crippen molar-refractivity contribution in [1.82, 2.24) is 9.97 Å². The second-order valence-electron chi connectivity index (χ2n) is 7.63. The molecule has 32 heavy (non-hydrogen) atoms. The molecule has 0 unspecified atom stereocenters. The summed E-state index contributed by atoms with van der Waals surface area (Å²) in [6, 6.07) is 11.9. The molecular formula is C22H23ClFN5O2S. The van der Waals surface area contributed by atoms with Crippen LogP contribution in [0.25, 0.3) is 0 Å². The van der Waals surface area contributed by atoms with Gasteiger partial charge in [0.25, 0.3) is 10.0 Å². The Balaban J connectivity index is 1.47. The minimum absolute atomic E-state index is 0.118. The molecule has 0 amide bonds. The van der Waals surface area contributed by atoms with Crippen LogP contribution < -0.4 is 14.9 Å². The molecular weight excluding hydrogens is 453 g/mol. The summed E-state index contributed by atoms with van der Waals surface area (Å²) in [5.74, 6) is 0.714. The van der Waals surface area contributed by atoms with Crippen LogP contribution in [0.4, 0.5) is 27.5 Å². The first-order chi connectivity index (χ1) is 15.3. The van der Waals surface area contributed by atoms with Crippen LogP contribution in [0.2, 0.25) is 5.02 Å². The molecule has 168 valence electrons. The fourth-order valence-electron chi connectivity index (χ4n) is 3.48. The number of aryl methyl sites for hydroxylation is 1. The van der Waals surface area contributed by atoms with Gasteiger partial charge in [-0.05, 0) is 68.7 Å². The predicted molar refractivity (Wildman–Crippen MR) is 125 cm³/mol. The number of hydrogen-bond acceptors (Lipinski definition) is 6. The van der Waals surface area contributed by atoms with Crippen molar-refractivity contribution in [3.8, 4) is 0 Å². The van der Waals surface area contributed by atoms with Crippen LogP contribution in [0.15, 0.2) is 53.4 Å². The maximum absolute atomic E-state index is 13.3. The van der Waals surface area contributed by atoms with Gasteiger partial charge in [0.15, 0.2) is 0 Å². The van der Waals surface area contributed by atoms with Crippen LogP contribution in [0.1, 0.15) is 25.0 Å². The molecule has 0 aliphatic carbocycles. The molecule has 2 aromatic carbocycles. The van der Waals surface area contributed by atoms with Gasteiger partial charge in [-0.3, -0.25) is 4.72 Å². The molecule has 7 nitrogen and oxygen atoms in total. The van der Waals surface area contributed by atoms with Crippen LogP contribution in [0.5, 0.6) is 0 Å². The lowest BCUT2D eigenvalue weighted by Gasteiger charge is -2.27. The maximum Gasteiger partial charge on any atom is 0.261 e. The third-order valence-corrected chi connectivity index (χ3v) is 6.76. The van der Waals surface area contributed by atoms with Crippen LogP contribution in [0.3, 0.4) is 0 Å². The first kappa shape index (κ1) is 22.3. The molecule has 1 aliphatic heterocycles. The quantitative estimate of drug-likeness (QED) is 0.515. The van der Waals surface area contributed by atoms with Gasteiger partial charge in [-0.15, -0.1) is 0 Å². The predicted octanol–water partition coefficient (Wildman–Crippen LogP) is 5.11. The number of benzene rings is 2. The van der Waals surface area contributed by atoms with Crippen LogP contribution >= 0.6 is 11.6 Å². The van der Waals surface area contributed by atoms with E-state index in [0.29, 0.717) is 11.5 Å². The zero-order valence-corrected chi connectivity index (χ0v) is 19.0. The SMILES string of the molecule is Cc1cc(Nc2ccc(NS(=O)(=O)c3ccc(F)c(Cl)c3)cc2)nc(N2CCCCC2)n1. The average molecular weight is 476 g/mol. The number of anilines is 4. The summed E-state index contributed by atoms with van der Waals surface area (Å²) in [7, 11) is -3.90. The van der Waals surface area contributed by atoms with Gasteiger partial charge in [-0.1, -0.05) is 11.6 Å². The average Bonchev–Trinajstić information content (AvgIpc) is 2.77. The summed E-state index contributed by atoms with van der Waals surface area (Å²) in [6.07, 6.45) is 3.51. The van der Waals surface area contributed by atoms with Crippen molar-refractivity contribution in [3.63, 3.8) is 0 Å². The molecule has 10 heteroatoms. The summed E-state index contributed by atoms with van der Waals surface area (Å²) >= 11 is 5.70. The molecule has 3 aromatic rings. The standard InChI is InChI=1S/C22H23ClFN5O2S/c1-15-13-21(27-22(25-15)29-11-3-2-4-12-29)26-16-5-7-17(8-6-16)28-32(30,31)18-9-10-20(24)19(23)14-18/h5-10,13-14,28H,2-4,11-12H2,1H3,(H,25,26,27). The van der Waals surface area contributed by atoms with Crippen LogP contribution in [0, 0.1) is 12.7 Å². The number of piperidine rings is 1. The van der Waals surface area contributed by atoms with E-state index in [1.54, 1.807) is 24.3 Å². The fraction of sp³-hybridized carbons (Fsp3) is 0.273. The maximum atomic E-state index is 13.3. The second-order valence-corrected chi connectivity index (χ2v) is 9.72. The highest BCUT2D eigenvalue weighted by Crippen LogP contribution is 2.24. The lowest BCUT2D eigenvalue weighted by Crippen LogP contribution is -2.31. The summed E-state index contributed by atoms with van der Waals surface area (Å²) in [5, 5.41) is 2.99. The van der Waals surface area contributed by atoms with Crippen LogP contribution in [-0.4, -0.2) is 31.5 Å². The molecule has 2 heterocycles. The van der Waals surface area contributed by atoms with Gasteiger partial charge in [-0.25, -0.2) is 17.8 Å². The van der Waals surface area contributed by atoms with Gasteiger partial charge in [0.05, 0.1) is 9.92 Å². The Morgan fingerprint density at radius 3 is 2.34 bits per heavy atom. The largest absolute Gasteiger partial charge is 0.341 e. The summed E-state index contributed by atoms with van der Waals surface area (Å²) in [6.45, 7) is 3.84. The van der Waals surface area contributed by atoms with Crippen molar-refractivity contribution in [2.75, 3.05) is 28.0 Å². The number of hydrogen-bond donors (Lipinski definition) is 2. The fourth-order valence-corrected chi connectivity index (χ4v) is 4.81. The van der Waals surface area contributed by atoms with Crippen molar-refractivity contribution in [2.24, 2.45) is 0 Å². The van der Waals surface area contributed by atoms with Crippen molar-refractivity contribution < 1.29 is 12.8 Å². The summed E-state index contributed by atoms with van der Waals surface area (Å²) in [4.78, 5) is 11.3. The lowest BCUT2D eigenvalue weighted by atomic mass is 10.1. The van der Waals surface area contributed by atoms with E-state index in [9.17, 15) is 12.8 Å². The van der Waals surface area contributed by atoms with Gasteiger partial charge in [0.1, 0.15) is 11.6 Å². The van der Waals surface area contributed by atoms with Gasteiger partial charge in [0, 0.05) is 36.2 Å². The Morgan fingerprint density at radius 2 is 1.66 bits per heavy atom. The molecule has 0 saturated carbocycles. The van der Waals surface area contributed by atoms with E-state index in [4.69, 9.17) is 11.6 Å². The smallest absolute Gasteiger partial charge is 0.261 e. The number of aromatic nitrogens is 2. The van der Waals surface area contributed by atoms with E-state index >= 15 is 0 Å². The van der Waals surface area contributed by atoms with E-state index in [2.05, 4.69) is 24.9 Å². The Hall–Kier alpha value is -2.91. The number of sulfonamides is 1. The molecule has 0 radical (unpaired) electrons. The Bertz CT molecular complexity index is 1220. The minimum atomic E-state index is -3.90. The zero-order valence-electron chi connectivity index (χ0n) is 17.5. The minimum Gasteiger partial charge on any atom is -0.341 e. The highest BCUT2D eigenvalue weighted by molar-refractivity contribution is 7.92. The van der Waals surface area contributed by atoms with Crippen molar-refractivity contribution in [3.05, 3.63) is 65.1 Å². The lowest BCUT2D eigenvalue weighted by molar-refractivity contribution is 0.568. The third kappa shape index (κ3) is 5.28. The van der Waals surface area contributed by atoms with E-state index in [1.165, 1.54) is 6.42 Å². The highest BCUT2D eigenvalue weighted by atomic mass is 35.5. The zero-order chi connectivity index (χ0) is 22.7. The summed E-state index contributed by atoms with van der Waals surface area (Å²) < 4.78 is 40.9.